The van der Waals surface area contributed by atoms with E-state index in [2.05, 4.69) is 87.1 Å². The maximum absolute atomic E-state index is 15.3. The van der Waals surface area contributed by atoms with Gasteiger partial charge in [0, 0.05) is 105 Å². The summed E-state index contributed by atoms with van der Waals surface area (Å²) in [6.07, 6.45) is 15.6. The molecule has 5 aliphatic heterocycles. The van der Waals surface area contributed by atoms with Gasteiger partial charge in [-0.25, -0.2) is 9.97 Å². The van der Waals surface area contributed by atoms with E-state index in [9.17, 15) is 19.2 Å². The third-order valence-electron chi connectivity index (χ3n) is 18.7. The number of hydrogen-bond donors (Lipinski definition) is 2. The van der Waals surface area contributed by atoms with Gasteiger partial charge in [-0.05, 0) is 158 Å². The lowest BCUT2D eigenvalue weighted by Crippen LogP contribution is -2.59. The largest absolute Gasteiger partial charge is 0.371 e. The number of nitrogens with one attached hydrogen (secondary N) is 2. The number of likely N-dealkylation sites (tertiary alicyclic amines) is 3. The minimum atomic E-state index is -0.685. The number of aryl methyl sites for hydroxylation is 1. The number of pyridine rings is 1. The first kappa shape index (κ1) is 50.3. The van der Waals surface area contributed by atoms with Gasteiger partial charge in [-0.1, -0.05) is 31.5 Å². The highest BCUT2D eigenvalue weighted by Gasteiger charge is 2.56. The Bertz CT molecular complexity index is 2780. The number of amides is 4. The molecule has 4 amide bonds. The van der Waals surface area contributed by atoms with Crippen LogP contribution in [0, 0.1) is 18.3 Å². The molecule has 7 aliphatic rings. The van der Waals surface area contributed by atoms with Crippen molar-refractivity contribution >= 4 is 58.1 Å². The fourth-order valence-electron chi connectivity index (χ4n) is 13.7. The van der Waals surface area contributed by atoms with Gasteiger partial charge in [-0.15, -0.1) is 0 Å². The van der Waals surface area contributed by atoms with Gasteiger partial charge in [0.25, 0.3) is 0 Å². The maximum atomic E-state index is 15.3. The predicted octanol–water partition coefficient (Wildman–Crippen LogP) is 8.14. The Hall–Kier alpha value is -5.83. The third-order valence-corrected chi connectivity index (χ3v) is 18.7. The number of benzene rings is 2. The highest BCUT2D eigenvalue weighted by molar-refractivity contribution is 6.09. The van der Waals surface area contributed by atoms with Crippen LogP contribution in [0.4, 0.5) is 17.2 Å². The Morgan fingerprint density at radius 2 is 1.55 bits per heavy atom. The lowest BCUT2D eigenvalue weighted by molar-refractivity contribution is -0.150. The zero-order chi connectivity index (χ0) is 51.5. The molecular weight excluding hydrogens is 929 g/mol. The Morgan fingerprint density at radius 1 is 0.838 bits per heavy atom. The second-order valence-corrected chi connectivity index (χ2v) is 23.6. The molecule has 74 heavy (non-hydrogen) atoms. The first-order valence-electron chi connectivity index (χ1n) is 28.2. The van der Waals surface area contributed by atoms with Crippen LogP contribution >= 0.6 is 0 Å². The molecule has 2 N–H and O–H groups in total. The van der Waals surface area contributed by atoms with Crippen molar-refractivity contribution in [3.05, 3.63) is 65.5 Å². The molecule has 15 heteroatoms. The first-order chi connectivity index (χ1) is 35.8. The van der Waals surface area contributed by atoms with Crippen LogP contribution in [0.5, 0.6) is 0 Å². The molecule has 4 saturated heterocycles. The van der Waals surface area contributed by atoms with E-state index >= 15 is 4.79 Å². The number of likely N-dealkylation sites (N-methyl/N-ethyl adjacent to an activating group) is 1. The van der Waals surface area contributed by atoms with E-state index in [1.54, 1.807) is 7.05 Å². The number of fused-ring (bicyclic) bond motifs is 3. The molecule has 15 nitrogen and oxygen atoms in total. The highest BCUT2D eigenvalue weighted by Crippen LogP contribution is 2.53. The van der Waals surface area contributed by atoms with E-state index in [4.69, 9.17) is 9.97 Å². The molecule has 0 bridgehead atoms. The Labute approximate surface area is 437 Å². The van der Waals surface area contributed by atoms with Crippen LogP contribution in [-0.2, 0) is 29.4 Å². The van der Waals surface area contributed by atoms with E-state index in [1.807, 2.05) is 29.1 Å². The van der Waals surface area contributed by atoms with Crippen molar-refractivity contribution in [2.45, 2.75) is 160 Å². The average molecular weight is 1010 g/mol. The number of aldehydes is 1. The Balaban J connectivity index is 0.746. The average Bonchev–Trinajstić information content (AvgIpc) is 4.08. The molecule has 7 heterocycles. The molecule has 2 aromatic carbocycles. The number of aromatic nitrogens is 3. The zero-order valence-corrected chi connectivity index (χ0v) is 44.5. The van der Waals surface area contributed by atoms with Gasteiger partial charge in [-0.3, -0.25) is 19.2 Å². The zero-order valence-electron chi connectivity index (χ0n) is 44.5. The predicted molar refractivity (Wildman–Crippen MR) is 289 cm³/mol. The van der Waals surface area contributed by atoms with E-state index in [0.29, 0.717) is 76.8 Å². The van der Waals surface area contributed by atoms with E-state index < -0.39 is 10.8 Å². The minimum absolute atomic E-state index is 0.0553. The van der Waals surface area contributed by atoms with Crippen LogP contribution in [0.15, 0.2) is 48.8 Å². The van der Waals surface area contributed by atoms with Crippen molar-refractivity contribution in [1.29, 1.82) is 0 Å². The number of carbonyl (C=O) groups excluding carboxylic acids is 5. The molecule has 1 unspecified atom stereocenters. The van der Waals surface area contributed by atoms with Crippen LogP contribution in [0.2, 0.25) is 0 Å². The van der Waals surface area contributed by atoms with E-state index in [0.717, 1.165) is 127 Å². The van der Waals surface area contributed by atoms with Crippen LogP contribution in [-0.4, -0.2) is 137 Å². The monoisotopic (exact) mass is 1010 g/mol. The Kier molecular flexibility index (Phi) is 13.9. The number of rotatable bonds is 14. The summed E-state index contributed by atoms with van der Waals surface area (Å²) >= 11 is 0. The fraction of sp³-hybridized carbons (Fsp3) is 0.610. The first-order valence-corrected chi connectivity index (χ1v) is 28.2. The summed E-state index contributed by atoms with van der Waals surface area (Å²) in [5, 5.41) is 6.46. The molecule has 2 aromatic heterocycles. The summed E-state index contributed by atoms with van der Waals surface area (Å²) < 4.78 is 2.20. The number of imidazole rings is 1. The summed E-state index contributed by atoms with van der Waals surface area (Å²) in [5.41, 5.74) is 7.69. The van der Waals surface area contributed by atoms with Crippen molar-refractivity contribution in [1.82, 2.24) is 34.6 Å². The van der Waals surface area contributed by atoms with Gasteiger partial charge >= 0.3 is 0 Å². The lowest BCUT2D eigenvalue weighted by Gasteiger charge is -2.48. The third kappa shape index (κ3) is 9.26. The molecule has 1 atom stereocenters. The van der Waals surface area contributed by atoms with Crippen molar-refractivity contribution in [2.75, 3.05) is 74.5 Å². The normalized spacial score (nSPS) is 23.5. The van der Waals surface area contributed by atoms with Crippen LogP contribution < -0.4 is 20.4 Å². The summed E-state index contributed by atoms with van der Waals surface area (Å²) in [6.45, 7) is 14.5. The van der Waals surface area contributed by atoms with Gasteiger partial charge in [0.05, 0.1) is 28.9 Å². The molecule has 6 fully saturated rings. The number of piperidine rings is 4. The SMILES string of the molecule is CNC(=O)C(CCC=O)c1ccc(N2CCC(C(=O)N3CCC(C)(C(=O)N4CCC5(CC4)C(=O)N(C4CC(N6CCCCC6)C4)c4cc(-c6cc7ncn(C(C)C)c7c(NC7CC7)n6)ccc45)CC3)CC2)cc1C. The quantitative estimate of drug-likeness (QED) is 0.118. The van der Waals surface area contributed by atoms with Gasteiger partial charge in [0.1, 0.15) is 11.8 Å². The van der Waals surface area contributed by atoms with Crippen LogP contribution in [0.25, 0.3) is 22.3 Å². The van der Waals surface area contributed by atoms with Gasteiger partial charge < -0.3 is 44.5 Å². The van der Waals surface area contributed by atoms with Gasteiger partial charge in [0.15, 0.2) is 5.82 Å². The number of anilines is 3. The van der Waals surface area contributed by atoms with Crippen molar-refractivity contribution in [3.8, 4) is 11.3 Å². The molecule has 1 spiro atoms. The summed E-state index contributed by atoms with van der Waals surface area (Å²) in [5.74, 6) is 0.908. The minimum Gasteiger partial charge on any atom is -0.371 e. The van der Waals surface area contributed by atoms with Crippen molar-refractivity contribution in [3.63, 3.8) is 0 Å². The van der Waals surface area contributed by atoms with Crippen LogP contribution in [0.3, 0.4) is 0 Å². The van der Waals surface area contributed by atoms with Gasteiger partial charge in [0.2, 0.25) is 23.6 Å². The van der Waals surface area contributed by atoms with E-state index in [1.165, 1.54) is 19.3 Å². The Morgan fingerprint density at radius 3 is 2.22 bits per heavy atom. The molecule has 2 aliphatic carbocycles. The molecule has 394 valence electrons. The maximum Gasteiger partial charge on any atom is 0.238 e. The second kappa shape index (κ2) is 20.4. The topological polar surface area (TPSA) is 156 Å². The van der Waals surface area contributed by atoms with Crippen molar-refractivity contribution < 1.29 is 24.0 Å². The summed E-state index contributed by atoms with van der Waals surface area (Å²) in [7, 11) is 1.63. The highest BCUT2D eigenvalue weighted by atomic mass is 16.2. The van der Waals surface area contributed by atoms with Crippen molar-refractivity contribution in [2.24, 2.45) is 11.3 Å². The van der Waals surface area contributed by atoms with Gasteiger partial charge in [-0.2, -0.15) is 0 Å². The number of carbonyl (C=O) groups is 5. The fourth-order valence-corrected chi connectivity index (χ4v) is 13.7. The molecule has 4 aromatic rings. The molecular formula is C59H78N10O5. The molecule has 0 radical (unpaired) electrons. The van der Waals surface area contributed by atoms with E-state index in [-0.39, 0.29) is 47.5 Å². The number of nitrogens with zero attached hydrogens (tertiary/aromatic N) is 8. The molecule has 11 rings (SSSR count). The van der Waals surface area contributed by atoms with Crippen LogP contribution in [0.1, 0.15) is 146 Å². The lowest BCUT2D eigenvalue weighted by atomic mass is 9.72. The number of hydrogen-bond acceptors (Lipinski definition) is 10. The molecule has 2 saturated carbocycles. The smallest absolute Gasteiger partial charge is 0.238 e. The summed E-state index contributed by atoms with van der Waals surface area (Å²) in [6, 6.07) is 16.2. The second-order valence-electron chi connectivity index (χ2n) is 23.6. The standard InChI is InChI=1S/C59H78N10O5/c1-38(2)68-37-61-50-36-49(63-53(52(50)68)62-42-12-13-42)41-11-16-48-51(33-41)69(45-34-44(35-45)64-23-7-6-8-24-64)57(74)59(48)21-29-67(30-22-59)56(73)58(4)19-27-66(28-20-58)55(72)40-17-25-65(26-18-40)43-14-15-46(39(3)32-43)47(10-9-31-70)54(71)60-5/h11,14-16,31-33,36-38,40,42,44-45,47H,6-10,12-13,17-30,34-35H2,1-5H3,(H,60,71)(H,62,63). The summed E-state index contributed by atoms with van der Waals surface area (Å²) in [4.78, 5) is 89.1.